The zero-order valence-electron chi connectivity index (χ0n) is 16.1. The topological polar surface area (TPSA) is 53.6 Å². The molecule has 142 valence electrons. The minimum Gasteiger partial charge on any atom is -0.450 e. The molecule has 2 aromatic rings. The molecule has 0 atom stereocenters. The number of benzene rings is 2. The summed E-state index contributed by atoms with van der Waals surface area (Å²) in [4.78, 5) is 13.5. The van der Waals surface area contributed by atoms with Crippen LogP contribution in [0.1, 0.15) is 26.3 Å². The van der Waals surface area contributed by atoms with E-state index in [1.807, 2.05) is 51.0 Å². The number of halogens is 1. The molecule has 0 aromatic heterocycles. The van der Waals surface area contributed by atoms with Crippen molar-refractivity contribution in [1.82, 2.24) is 0 Å². The van der Waals surface area contributed by atoms with Crippen LogP contribution in [0.25, 0.3) is 0 Å². The van der Waals surface area contributed by atoms with Gasteiger partial charge in [0.1, 0.15) is 5.82 Å². The highest BCUT2D eigenvalue weighted by Gasteiger charge is 2.10. The lowest BCUT2D eigenvalue weighted by atomic mass is 10.2. The lowest BCUT2D eigenvalue weighted by Gasteiger charge is -2.19. The average molecular weight is 361 g/mol. The molecule has 0 saturated carbocycles. The smallest absolute Gasteiger partial charge is 0.411 e. The molecule has 0 unspecified atom stereocenters. The van der Waals surface area contributed by atoms with Crippen LogP contribution in [0, 0.1) is 5.82 Å². The van der Waals surface area contributed by atoms with E-state index >= 15 is 0 Å². The lowest BCUT2D eigenvalue weighted by Crippen LogP contribution is -2.17. The van der Waals surface area contributed by atoms with Gasteiger partial charge in [0, 0.05) is 26.3 Å². The summed E-state index contributed by atoms with van der Waals surface area (Å²) < 4.78 is 17.8. The highest BCUT2D eigenvalue weighted by Crippen LogP contribution is 2.28. The molecule has 0 heterocycles. The number of carbonyl (C=O) groups excluding carboxylic acids is 1. The van der Waals surface area contributed by atoms with Crippen LogP contribution >= 0.6 is 0 Å². The first kappa shape index (κ1) is 21.3. The molecule has 5 nitrogen and oxygen atoms in total. The number of anilines is 3. The molecule has 0 spiro atoms. The molecular formula is C20H28FN3O2. The Labute approximate surface area is 155 Å². The Bertz CT molecular complexity index is 688. The van der Waals surface area contributed by atoms with Crippen molar-refractivity contribution in [2.45, 2.75) is 27.3 Å². The molecule has 0 bridgehead atoms. The molecule has 0 aliphatic heterocycles. The molecule has 6 heteroatoms. The van der Waals surface area contributed by atoms with Crippen LogP contribution in [0.5, 0.6) is 0 Å². The fourth-order valence-corrected chi connectivity index (χ4v) is 2.20. The number of rotatable bonds is 6. The number of hydrogen-bond acceptors (Lipinski definition) is 4. The minimum absolute atomic E-state index is 0.247. The number of amides is 1. The highest BCUT2D eigenvalue weighted by atomic mass is 19.1. The number of carbonyl (C=O) groups is 1. The van der Waals surface area contributed by atoms with Crippen LogP contribution in [0.3, 0.4) is 0 Å². The van der Waals surface area contributed by atoms with Gasteiger partial charge < -0.3 is 15.0 Å². The second-order valence-corrected chi connectivity index (χ2v) is 5.45. The summed E-state index contributed by atoms with van der Waals surface area (Å²) in [6.45, 7) is 6.66. The Morgan fingerprint density at radius 1 is 1.12 bits per heavy atom. The number of nitrogens with zero attached hydrogens (tertiary/aromatic N) is 1. The summed E-state index contributed by atoms with van der Waals surface area (Å²) in [7, 11) is 3.80. The third-order valence-corrected chi connectivity index (χ3v) is 3.40. The van der Waals surface area contributed by atoms with E-state index < -0.39 is 6.09 Å². The van der Waals surface area contributed by atoms with Crippen molar-refractivity contribution in [3.63, 3.8) is 0 Å². The van der Waals surface area contributed by atoms with Crippen molar-refractivity contribution in [2.75, 3.05) is 36.2 Å². The van der Waals surface area contributed by atoms with Gasteiger partial charge in [-0.2, -0.15) is 0 Å². The quantitative estimate of drug-likeness (QED) is 0.752. The standard InChI is InChI=1S/C18H22FN3O2.C2H6/c1-4-24-18(23)21-16-10-9-15(11-17(16)22(2)3)20-12-13-5-7-14(19)8-6-13;1-2/h5-11,20H,4,12H2,1-3H3,(H,21,23);1-2H3. The molecular weight excluding hydrogens is 333 g/mol. The second kappa shape index (κ2) is 11.0. The molecule has 1 amide bonds. The molecule has 0 aliphatic carbocycles. The van der Waals surface area contributed by atoms with E-state index in [0.29, 0.717) is 18.8 Å². The fraction of sp³-hybridized carbons (Fsp3) is 0.350. The predicted octanol–water partition coefficient (Wildman–Crippen LogP) is 5.10. The maximum absolute atomic E-state index is 12.9. The van der Waals surface area contributed by atoms with Gasteiger partial charge in [-0.05, 0) is 42.8 Å². The van der Waals surface area contributed by atoms with Crippen LogP contribution in [-0.4, -0.2) is 26.8 Å². The van der Waals surface area contributed by atoms with Crippen molar-refractivity contribution < 1.29 is 13.9 Å². The first-order valence-corrected chi connectivity index (χ1v) is 8.73. The Morgan fingerprint density at radius 2 is 1.77 bits per heavy atom. The normalized spacial score (nSPS) is 9.62. The molecule has 2 N–H and O–H groups in total. The molecule has 0 fully saturated rings. The summed E-state index contributed by atoms with van der Waals surface area (Å²) >= 11 is 0. The van der Waals surface area contributed by atoms with Gasteiger partial charge in [-0.1, -0.05) is 26.0 Å². The van der Waals surface area contributed by atoms with Crippen molar-refractivity contribution in [2.24, 2.45) is 0 Å². The van der Waals surface area contributed by atoms with E-state index in [4.69, 9.17) is 4.74 Å². The number of nitrogens with one attached hydrogen (secondary N) is 2. The summed E-state index contributed by atoms with van der Waals surface area (Å²) in [5, 5.41) is 6.02. The van der Waals surface area contributed by atoms with E-state index in [1.165, 1.54) is 12.1 Å². The van der Waals surface area contributed by atoms with Crippen LogP contribution in [0.15, 0.2) is 42.5 Å². The number of ether oxygens (including phenoxy) is 1. The SMILES string of the molecule is CC.CCOC(=O)Nc1ccc(NCc2ccc(F)cc2)cc1N(C)C. The van der Waals surface area contributed by atoms with Crippen molar-refractivity contribution in [3.05, 3.63) is 53.8 Å². The lowest BCUT2D eigenvalue weighted by molar-refractivity contribution is 0.168. The molecule has 0 saturated heterocycles. The largest absolute Gasteiger partial charge is 0.450 e. The summed E-state index contributed by atoms with van der Waals surface area (Å²) in [5.74, 6) is -0.247. The van der Waals surface area contributed by atoms with Gasteiger partial charge in [0.15, 0.2) is 0 Å². The van der Waals surface area contributed by atoms with E-state index in [9.17, 15) is 9.18 Å². The van der Waals surface area contributed by atoms with E-state index in [2.05, 4.69) is 10.6 Å². The first-order valence-electron chi connectivity index (χ1n) is 8.73. The highest BCUT2D eigenvalue weighted by molar-refractivity contribution is 5.90. The van der Waals surface area contributed by atoms with Crippen LogP contribution < -0.4 is 15.5 Å². The van der Waals surface area contributed by atoms with Gasteiger partial charge in [-0.3, -0.25) is 5.32 Å². The second-order valence-electron chi connectivity index (χ2n) is 5.45. The van der Waals surface area contributed by atoms with E-state index in [-0.39, 0.29) is 5.82 Å². The summed E-state index contributed by atoms with van der Waals surface area (Å²) in [6, 6.07) is 12.0. The minimum atomic E-state index is -0.479. The van der Waals surface area contributed by atoms with Crippen LogP contribution in [0.2, 0.25) is 0 Å². The van der Waals surface area contributed by atoms with Gasteiger partial charge in [0.05, 0.1) is 18.0 Å². The van der Waals surface area contributed by atoms with Gasteiger partial charge in [0.25, 0.3) is 0 Å². The van der Waals surface area contributed by atoms with E-state index in [0.717, 1.165) is 16.9 Å². The van der Waals surface area contributed by atoms with Gasteiger partial charge in [-0.25, -0.2) is 9.18 Å². The Kier molecular flexibility index (Phi) is 8.98. The third-order valence-electron chi connectivity index (χ3n) is 3.40. The van der Waals surface area contributed by atoms with Crippen molar-refractivity contribution in [1.29, 1.82) is 0 Å². The molecule has 0 aliphatic rings. The Morgan fingerprint density at radius 3 is 2.35 bits per heavy atom. The summed E-state index contributed by atoms with van der Waals surface area (Å²) in [5.41, 5.74) is 3.41. The van der Waals surface area contributed by atoms with Gasteiger partial charge in [0.2, 0.25) is 0 Å². The fourth-order valence-electron chi connectivity index (χ4n) is 2.20. The molecule has 2 aromatic carbocycles. The first-order chi connectivity index (χ1) is 12.5. The zero-order valence-corrected chi connectivity index (χ0v) is 16.1. The Hall–Kier alpha value is -2.76. The van der Waals surface area contributed by atoms with Gasteiger partial charge >= 0.3 is 6.09 Å². The maximum Gasteiger partial charge on any atom is 0.411 e. The molecule has 2 rings (SSSR count). The van der Waals surface area contributed by atoms with Crippen molar-refractivity contribution in [3.8, 4) is 0 Å². The third kappa shape index (κ3) is 6.63. The predicted molar refractivity (Wildman–Crippen MR) is 106 cm³/mol. The van der Waals surface area contributed by atoms with Crippen molar-refractivity contribution >= 4 is 23.2 Å². The average Bonchev–Trinajstić information content (AvgIpc) is 2.64. The van der Waals surface area contributed by atoms with Gasteiger partial charge in [-0.15, -0.1) is 0 Å². The van der Waals surface area contributed by atoms with Crippen LogP contribution in [-0.2, 0) is 11.3 Å². The monoisotopic (exact) mass is 361 g/mol. The summed E-state index contributed by atoms with van der Waals surface area (Å²) in [6.07, 6.45) is -0.479. The Balaban J connectivity index is 0.00000163. The molecule has 0 radical (unpaired) electrons. The maximum atomic E-state index is 12.9. The molecule has 26 heavy (non-hydrogen) atoms. The zero-order chi connectivity index (χ0) is 19.5. The van der Waals surface area contributed by atoms with Crippen LogP contribution in [0.4, 0.5) is 26.2 Å². The van der Waals surface area contributed by atoms with E-state index in [1.54, 1.807) is 19.1 Å². The number of hydrogen-bond donors (Lipinski definition) is 2.